The standard InChI is InChI=1S/C21H21Cl2N3O4/c1-29-15-5-2-4-14(12-15)25-10-8-24(9-11-25)13-16-19-17(22)6-3-7-18(19)26(23)20(16)30-21(27)28/h2-7,12H,8-11,13H2,1H3,(H,27,28). The third-order valence-corrected chi connectivity index (χ3v) is 5.95. The van der Waals surface area contributed by atoms with Gasteiger partial charge >= 0.3 is 6.16 Å². The number of nitrogens with zero attached hydrogens (tertiary/aromatic N) is 3. The van der Waals surface area contributed by atoms with Crippen LogP contribution in [0.4, 0.5) is 10.5 Å². The van der Waals surface area contributed by atoms with Gasteiger partial charge in [-0.25, -0.2) is 8.88 Å². The van der Waals surface area contributed by atoms with Gasteiger partial charge in [-0.15, -0.1) is 0 Å². The Morgan fingerprint density at radius 2 is 1.87 bits per heavy atom. The molecule has 1 aromatic heterocycles. The van der Waals surface area contributed by atoms with Gasteiger partial charge in [0.2, 0.25) is 5.88 Å². The number of piperazine rings is 1. The molecule has 1 fully saturated rings. The summed E-state index contributed by atoms with van der Waals surface area (Å²) in [7, 11) is 1.66. The number of rotatable bonds is 5. The first-order valence-electron chi connectivity index (χ1n) is 9.48. The van der Waals surface area contributed by atoms with E-state index in [4.69, 9.17) is 38.0 Å². The van der Waals surface area contributed by atoms with Crippen LogP contribution in [-0.4, -0.2) is 53.5 Å². The van der Waals surface area contributed by atoms with Crippen LogP contribution in [0.25, 0.3) is 10.9 Å². The number of aromatic nitrogens is 1. The lowest BCUT2D eigenvalue weighted by Crippen LogP contribution is -2.46. The lowest BCUT2D eigenvalue weighted by Gasteiger charge is -2.36. The van der Waals surface area contributed by atoms with Crippen molar-refractivity contribution in [1.82, 2.24) is 8.99 Å². The summed E-state index contributed by atoms with van der Waals surface area (Å²) in [5.41, 5.74) is 2.40. The molecule has 0 atom stereocenters. The van der Waals surface area contributed by atoms with Gasteiger partial charge in [-0.1, -0.05) is 23.7 Å². The van der Waals surface area contributed by atoms with Crippen LogP contribution in [0.3, 0.4) is 0 Å². The van der Waals surface area contributed by atoms with Gasteiger partial charge in [-0.05, 0) is 24.3 Å². The average Bonchev–Trinajstić information content (AvgIpc) is 3.01. The largest absolute Gasteiger partial charge is 0.512 e. The van der Waals surface area contributed by atoms with Crippen LogP contribution in [0.1, 0.15) is 5.56 Å². The van der Waals surface area contributed by atoms with Gasteiger partial charge in [0, 0.05) is 67.2 Å². The van der Waals surface area contributed by atoms with Gasteiger partial charge in [0.05, 0.1) is 17.6 Å². The fourth-order valence-corrected chi connectivity index (χ4v) is 4.40. The maximum atomic E-state index is 11.2. The number of fused-ring (bicyclic) bond motifs is 1. The highest BCUT2D eigenvalue weighted by atomic mass is 35.5. The molecule has 0 spiro atoms. The van der Waals surface area contributed by atoms with Crippen molar-refractivity contribution in [1.29, 1.82) is 0 Å². The Morgan fingerprint density at radius 1 is 1.13 bits per heavy atom. The number of methoxy groups -OCH3 is 1. The molecule has 0 aliphatic carbocycles. The van der Waals surface area contributed by atoms with Gasteiger partial charge in [0.1, 0.15) is 5.75 Å². The fraction of sp³-hybridized carbons (Fsp3) is 0.286. The molecule has 4 rings (SSSR count). The first-order valence-corrected chi connectivity index (χ1v) is 10.2. The molecule has 1 aliphatic rings. The fourth-order valence-electron chi connectivity index (χ4n) is 3.84. The summed E-state index contributed by atoms with van der Waals surface area (Å²) < 4.78 is 11.5. The zero-order valence-corrected chi connectivity index (χ0v) is 17.9. The summed E-state index contributed by atoms with van der Waals surface area (Å²) >= 11 is 12.8. The quantitative estimate of drug-likeness (QED) is 0.570. The van der Waals surface area contributed by atoms with Crippen LogP contribution < -0.4 is 14.4 Å². The SMILES string of the molecule is COc1cccc(N2CCN(Cc3c(OC(=O)O)n(Cl)c4cccc(Cl)c34)CC2)c1. The molecule has 7 nitrogen and oxygen atoms in total. The van der Waals surface area contributed by atoms with Crippen LogP contribution in [0, 0.1) is 0 Å². The molecule has 1 aliphatic heterocycles. The molecular formula is C21H21Cl2N3O4. The highest BCUT2D eigenvalue weighted by molar-refractivity contribution is 6.36. The molecule has 0 radical (unpaired) electrons. The van der Waals surface area contributed by atoms with E-state index in [1.54, 1.807) is 25.3 Å². The summed E-state index contributed by atoms with van der Waals surface area (Å²) in [5.74, 6) is 0.914. The van der Waals surface area contributed by atoms with Crippen molar-refractivity contribution in [3.8, 4) is 11.6 Å². The monoisotopic (exact) mass is 449 g/mol. The molecule has 0 saturated carbocycles. The molecule has 2 heterocycles. The summed E-state index contributed by atoms with van der Waals surface area (Å²) in [4.78, 5) is 15.8. The minimum absolute atomic E-state index is 0.0856. The molecule has 0 bridgehead atoms. The van der Waals surface area contributed by atoms with Crippen molar-refractivity contribution in [3.05, 3.63) is 53.1 Å². The van der Waals surface area contributed by atoms with E-state index in [1.807, 2.05) is 18.2 Å². The molecule has 3 aromatic rings. The molecule has 1 saturated heterocycles. The van der Waals surface area contributed by atoms with Crippen molar-refractivity contribution < 1.29 is 19.4 Å². The molecule has 9 heteroatoms. The second-order valence-corrected chi connectivity index (χ2v) is 7.78. The van der Waals surface area contributed by atoms with E-state index >= 15 is 0 Å². The Kier molecular flexibility index (Phi) is 5.94. The number of carbonyl (C=O) groups is 1. The summed E-state index contributed by atoms with van der Waals surface area (Å²) in [6, 6.07) is 13.3. The number of hydrogen-bond donors (Lipinski definition) is 1. The lowest BCUT2D eigenvalue weighted by molar-refractivity contribution is 0.141. The highest BCUT2D eigenvalue weighted by Crippen LogP contribution is 2.38. The van der Waals surface area contributed by atoms with Crippen LogP contribution in [0.15, 0.2) is 42.5 Å². The van der Waals surface area contributed by atoms with Crippen LogP contribution in [-0.2, 0) is 6.54 Å². The first-order chi connectivity index (χ1) is 14.5. The number of ether oxygens (including phenoxy) is 2. The highest BCUT2D eigenvalue weighted by Gasteiger charge is 2.26. The zero-order chi connectivity index (χ0) is 21.3. The minimum atomic E-state index is -1.42. The Bertz CT molecular complexity index is 1080. The van der Waals surface area contributed by atoms with Crippen molar-refractivity contribution in [2.45, 2.75) is 6.54 Å². The Hall–Kier alpha value is -2.61. The molecule has 158 valence electrons. The summed E-state index contributed by atoms with van der Waals surface area (Å²) in [6.45, 7) is 3.73. The molecular weight excluding hydrogens is 429 g/mol. The maximum Gasteiger partial charge on any atom is 0.512 e. The van der Waals surface area contributed by atoms with Crippen molar-refractivity contribution in [3.63, 3.8) is 0 Å². The van der Waals surface area contributed by atoms with Crippen LogP contribution in [0.5, 0.6) is 11.6 Å². The maximum absolute atomic E-state index is 11.2. The average molecular weight is 450 g/mol. The molecule has 2 aromatic carbocycles. The predicted octanol–water partition coefficient (Wildman–Crippen LogP) is 4.68. The second kappa shape index (κ2) is 8.63. The van der Waals surface area contributed by atoms with Gasteiger partial charge in [0.15, 0.2) is 0 Å². The molecule has 0 unspecified atom stereocenters. The zero-order valence-electron chi connectivity index (χ0n) is 16.3. The van der Waals surface area contributed by atoms with Gasteiger partial charge in [-0.2, -0.15) is 0 Å². The van der Waals surface area contributed by atoms with Crippen LogP contribution in [0.2, 0.25) is 5.02 Å². The lowest BCUT2D eigenvalue weighted by atomic mass is 10.1. The Morgan fingerprint density at radius 3 is 2.57 bits per heavy atom. The second-order valence-electron chi connectivity index (χ2n) is 7.03. The van der Waals surface area contributed by atoms with Crippen molar-refractivity contribution in [2.75, 3.05) is 38.2 Å². The van der Waals surface area contributed by atoms with Crippen molar-refractivity contribution in [2.24, 2.45) is 0 Å². The third kappa shape index (κ3) is 4.01. The number of anilines is 1. The smallest absolute Gasteiger partial charge is 0.497 e. The minimum Gasteiger partial charge on any atom is -0.497 e. The number of halogens is 2. The normalized spacial score (nSPS) is 14.8. The van der Waals surface area contributed by atoms with E-state index in [-0.39, 0.29) is 5.88 Å². The van der Waals surface area contributed by atoms with E-state index in [0.29, 0.717) is 28.0 Å². The number of hydrogen-bond acceptors (Lipinski definition) is 5. The topological polar surface area (TPSA) is 67.2 Å². The predicted molar refractivity (Wildman–Crippen MR) is 117 cm³/mol. The van der Waals surface area contributed by atoms with Crippen LogP contribution >= 0.6 is 23.4 Å². The van der Waals surface area contributed by atoms with Gasteiger partial charge in [-0.3, -0.25) is 4.90 Å². The Labute approximate surface area is 184 Å². The number of benzene rings is 2. The molecule has 0 amide bonds. The van der Waals surface area contributed by atoms with E-state index < -0.39 is 6.16 Å². The van der Waals surface area contributed by atoms with Gasteiger partial charge in [0.25, 0.3) is 0 Å². The van der Waals surface area contributed by atoms with Crippen molar-refractivity contribution >= 4 is 46.1 Å². The van der Waals surface area contributed by atoms with Gasteiger partial charge < -0.3 is 19.5 Å². The van der Waals surface area contributed by atoms with E-state index in [0.717, 1.165) is 37.6 Å². The molecule has 1 N–H and O–H groups in total. The number of carboxylic acid groups (broad SMARTS) is 1. The van der Waals surface area contributed by atoms with E-state index in [2.05, 4.69) is 15.9 Å². The Balaban J connectivity index is 1.56. The van der Waals surface area contributed by atoms with E-state index in [9.17, 15) is 4.79 Å². The van der Waals surface area contributed by atoms with E-state index in [1.165, 1.54) is 4.09 Å². The first kappa shape index (κ1) is 20.7. The molecule has 30 heavy (non-hydrogen) atoms. The summed E-state index contributed by atoms with van der Waals surface area (Å²) in [5, 5.41) is 10.4. The summed E-state index contributed by atoms with van der Waals surface area (Å²) in [6.07, 6.45) is -1.42. The third-order valence-electron chi connectivity index (χ3n) is 5.30.